The Morgan fingerprint density at radius 3 is 2.74 bits per heavy atom. The molecule has 6 heteroatoms. The molecule has 0 saturated heterocycles. The Bertz CT molecular complexity index is 581. The molecule has 0 fully saturated rings. The molecule has 0 aliphatic heterocycles. The zero-order valence-electron chi connectivity index (χ0n) is 10.7. The second-order valence-electron chi connectivity index (χ2n) is 4.32. The monoisotopic (exact) mass is 299 g/mol. The van der Waals surface area contributed by atoms with E-state index in [0.717, 1.165) is 11.4 Å². The lowest BCUT2D eigenvalue weighted by molar-refractivity contribution is 0.287. The second-order valence-corrected chi connectivity index (χ2v) is 5.14. The van der Waals surface area contributed by atoms with Crippen LogP contribution in [0.3, 0.4) is 0 Å². The lowest BCUT2D eigenvalue weighted by Gasteiger charge is -2.14. The van der Waals surface area contributed by atoms with Gasteiger partial charge in [-0.15, -0.1) is 0 Å². The number of benzene rings is 1. The first-order valence-electron chi connectivity index (χ1n) is 5.83. The fraction of sp³-hybridized carbons (Fsp3) is 0.308. The van der Waals surface area contributed by atoms with Crippen LogP contribution in [-0.4, -0.2) is 9.55 Å². The SMILES string of the molecule is C[C@@H](N)c1cc(Cl)ccc1OCc1ncc(Cl)n1C. The van der Waals surface area contributed by atoms with Crippen molar-refractivity contribution in [3.05, 3.63) is 46.0 Å². The Morgan fingerprint density at radius 1 is 1.42 bits per heavy atom. The first-order valence-corrected chi connectivity index (χ1v) is 6.58. The van der Waals surface area contributed by atoms with Crippen LogP contribution in [0, 0.1) is 0 Å². The van der Waals surface area contributed by atoms with Gasteiger partial charge in [0, 0.05) is 23.7 Å². The molecule has 1 aromatic heterocycles. The predicted molar refractivity (Wildman–Crippen MR) is 76.6 cm³/mol. The summed E-state index contributed by atoms with van der Waals surface area (Å²) in [4.78, 5) is 4.17. The summed E-state index contributed by atoms with van der Waals surface area (Å²) in [6, 6.07) is 5.24. The molecule has 0 unspecified atom stereocenters. The Kier molecular flexibility index (Phi) is 4.34. The van der Waals surface area contributed by atoms with E-state index < -0.39 is 0 Å². The number of halogens is 2. The standard InChI is InChI=1S/C13H15Cl2N3O/c1-8(16)10-5-9(14)3-4-11(10)19-7-13-17-6-12(15)18(13)2/h3-6,8H,7,16H2,1-2H3/t8-/m1/s1. The summed E-state index contributed by atoms with van der Waals surface area (Å²) in [5.74, 6) is 1.45. The number of nitrogens with zero attached hydrogens (tertiary/aromatic N) is 2. The molecule has 2 aromatic rings. The molecular formula is C13H15Cl2N3O. The third kappa shape index (κ3) is 3.21. The summed E-state index contributed by atoms with van der Waals surface area (Å²) < 4.78 is 7.52. The van der Waals surface area contributed by atoms with Gasteiger partial charge in [-0.25, -0.2) is 4.98 Å². The van der Waals surface area contributed by atoms with Crippen molar-refractivity contribution in [1.29, 1.82) is 0 Å². The van der Waals surface area contributed by atoms with Gasteiger partial charge >= 0.3 is 0 Å². The van der Waals surface area contributed by atoms with Gasteiger partial charge in [0.05, 0.1) is 6.20 Å². The summed E-state index contributed by atoms with van der Waals surface area (Å²) >= 11 is 11.9. The first kappa shape index (κ1) is 14.2. The van der Waals surface area contributed by atoms with Gasteiger partial charge in [-0.1, -0.05) is 23.2 Å². The molecule has 0 aliphatic rings. The summed E-state index contributed by atoms with van der Waals surface area (Å²) in [5, 5.41) is 1.21. The lowest BCUT2D eigenvalue weighted by atomic mass is 10.1. The second kappa shape index (κ2) is 5.82. The van der Waals surface area contributed by atoms with E-state index in [2.05, 4.69) is 4.98 Å². The van der Waals surface area contributed by atoms with Crippen molar-refractivity contribution >= 4 is 23.2 Å². The van der Waals surface area contributed by atoms with Gasteiger partial charge in [0.2, 0.25) is 0 Å². The molecule has 0 saturated carbocycles. The molecular weight excluding hydrogens is 285 g/mol. The zero-order chi connectivity index (χ0) is 14.0. The quantitative estimate of drug-likeness (QED) is 0.942. The van der Waals surface area contributed by atoms with Crippen molar-refractivity contribution in [3.63, 3.8) is 0 Å². The largest absolute Gasteiger partial charge is 0.485 e. The normalized spacial score (nSPS) is 12.5. The fourth-order valence-corrected chi connectivity index (χ4v) is 2.03. The highest BCUT2D eigenvalue weighted by Gasteiger charge is 2.11. The average Bonchev–Trinajstić information content (AvgIpc) is 2.68. The number of hydrogen-bond acceptors (Lipinski definition) is 3. The van der Waals surface area contributed by atoms with Crippen LogP contribution in [0.4, 0.5) is 0 Å². The molecule has 1 atom stereocenters. The average molecular weight is 300 g/mol. The van der Waals surface area contributed by atoms with Crippen molar-refractivity contribution in [2.24, 2.45) is 12.8 Å². The van der Waals surface area contributed by atoms with Crippen LogP contribution >= 0.6 is 23.2 Å². The summed E-state index contributed by atoms with van der Waals surface area (Å²) in [5.41, 5.74) is 6.77. The van der Waals surface area contributed by atoms with Gasteiger partial charge in [-0.2, -0.15) is 0 Å². The van der Waals surface area contributed by atoms with Crippen molar-refractivity contribution in [1.82, 2.24) is 9.55 Å². The van der Waals surface area contributed by atoms with E-state index in [-0.39, 0.29) is 6.04 Å². The Hall–Kier alpha value is -1.23. The van der Waals surface area contributed by atoms with E-state index in [9.17, 15) is 0 Å². The van der Waals surface area contributed by atoms with Gasteiger partial charge in [-0.3, -0.25) is 0 Å². The van der Waals surface area contributed by atoms with Crippen LogP contribution in [0.25, 0.3) is 0 Å². The van der Waals surface area contributed by atoms with E-state index in [4.69, 9.17) is 33.7 Å². The lowest BCUT2D eigenvalue weighted by Crippen LogP contribution is -2.09. The highest BCUT2D eigenvalue weighted by atomic mass is 35.5. The summed E-state index contributed by atoms with van der Waals surface area (Å²) in [6.45, 7) is 2.21. The minimum absolute atomic E-state index is 0.154. The third-order valence-corrected chi connectivity index (χ3v) is 3.43. The van der Waals surface area contributed by atoms with Gasteiger partial charge in [0.1, 0.15) is 23.3 Å². The number of rotatable bonds is 4. The molecule has 2 rings (SSSR count). The van der Waals surface area contributed by atoms with Crippen LogP contribution in [0.15, 0.2) is 24.4 Å². The molecule has 1 aromatic carbocycles. The van der Waals surface area contributed by atoms with Gasteiger partial charge < -0.3 is 15.0 Å². The van der Waals surface area contributed by atoms with Crippen molar-refractivity contribution in [2.75, 3.05) is 0 Å². The molecule has 0 aliphatic carbocycles. The van der Waals surface area contributed by atoms with Crippen LogP contribution in [-0.2, 0) is 13.7 Å². The molecule has 4 nitrogen and oxygen atoms in total. The molecule has 1 heterocycles. The Labute approximate surface area is 122 Å². The summed E-state index contributed by atoms with van der Waals surface area (Å²) in [7, 11) is 1.84. The van der Waals surface area contributed by atoms with E-state index in [1.165, 1.54) is 0 Å². The number of imidazole rings is 1. The molecule has 0 spiro atoms. The van der Waals surface area contributed by atoms with Crippen LogP contribution in [0.1, 0.15) is 24.4 Å². The van der Waals surface area contributed by atoms with E-state index in [1.807, 2.05) is 26.1 Å². The number of nitrogens with two attached hydrogens (primary N) is 1. The Balaban J connectivity index is 2.17. The topological polar surface area (TPSA) is 53.1 Å². The maximum Gasteiger partial charge on any atom is 0.147 e. The highest BCUT2D eigenvalue weighted by Crippen LogP contribution is 2.28. The summed E-state index contributed by atoms with van der Waals surface area (Å²) in [6.07, 6.45) is 1.59. The van der Waals surface area contributed by atoms with Crippen LogP contribution in [0.2, 0.25) is 10.2 Å². The van der Waals surface area contributed by atoms with Crippen LogP contribution < -0.4 is 10.5 Å². The van der Waals surface area contributed by atoms with Gasteiger partial charge in [0.25, 0.3) is 0 Å². The molecule has 0 bridgehead atoms. The van der Waals surface area contributed by atoms with Crippen LogP contribution in [0.5, 0.6) is 5.75 Å². The molecule has 2 N–H and O–H groups in total. The minimum Gasteiger partial charge on any atom is -0.485 e. The number of aromatic nitrogens is 2. The van der Waals surface area contributed by atoms with E-state index in [0.29, 0.717) is 22.5 Å². The van der Waals surface area contributed by atoms with Gasteiger partial charge in [0.15, 0.2) is 0 Å². The van der Waals surface area contributed by atoms with Crippen molar-refractivity contribution in [3.8, 4) is 5.75 Å². The van der Waals surface area contributed by atoms with E-state index >= 15 is 0 Å². The number of hydrogen-bond donors (Lipinski definition) is 1. The Morgan fingerprint density at radius 2 is 2.16 bits per heavy atom. The molecule has 19 heavy (non-hydrogen) atoms. The zero-order valence-corrected chi connectivity index (χ0v) is 12.2. The minimum atomic E-state index is -0.154. The highest BCUT2D eigenvalue weighted by molar-refractivity contribution is 6.30. The van der Waals surface area contributed by atoms with Crippen molar-refractivity contribution < 1.29 is 4.74 Å². The molecule has 0 amide bonds. The van der Waals surface area contributed by atoms with Gasteiger partial charge in [-0.05, 0) is 25.1 Å². The molecule has 102 valence electrons. The smallest absolute Gasteiger partial charge is 0.147 e. The predicted octanol–water partition coefficient (Wildman–Crippen LogP) is 3.33. The van der Waals surface area contributed by atoms with Crippen molar-refractivity contribution in [2.45, 2.75) is 19.6 Å². The third-order valence-electron chi connectivity index (χ3n) is 2.85. The molecule has 0 radical (unpaired) electrons. The maximum absolute atomic E-state index is 5.96. The van der Waals surface area contributed by atoms with E-state index in [1.54, 1.807) is 16.8 Å². The maximum atomic E-state index is 5.96. The number of ether oxygens (including phenoxy) is 1. The fourth-order valence-electron chi connectivity index (χ4n) is 1.71. The first-order chi connectivity index (χ1) is 8.99.